The van der Waals surface area contributed by atoms with Gasteiger partial charge in [0.2, 0.25) is 0 Å². The highest BCUT2D eigenvalue weighted by Gasteiger charge is 2.51. The summed E-state index contributed by atoms with van der Waals surface area (Å²) in [5, 5.41) is 3.57. The number of rotatable bonds is 3. The molecule has 0 amide bonds. The molecule has 0 N–H and O–H groups in total. The SMILES string of the molecule is CC1(C)OB(c2ccc(-c3ccc(-c4csc5ccccc45)cc3)cc2)OC1(C)C. The van der Waals surface area contributed by atoms with Gasteiger partial charge in [0.1, 0.15) is 0 Å². The summed E-state index contributed by atoms with van der Waals surface area (Å²) in [6.07, 6.45) is 0. The van der Waals surface area contributed by atoms with Crippen LogP contribution in [0.15, 0.2) is 78.2 Å². The zero-order valence-electron chi connectivity index (χ0n) is 17.8. The Hall–Kier alpha value is -2.40. The normalized spacial score (nSPS) is 17.5. The topological polar surface area (TPSA) is 18.5 Å². The van der Waals surface area contributed by atoms with Gasteiger partial charge in [-0.15, -0.1) is 11.3 Å². The number of hydrogen-bond acceptors (Lipinski definition) is 3. The van der Waals surface area contributed by atoms with Crippen molar-refractivity contribution >= 4 is 34.0 Å². The Labute approximate surface area is 182 Å². The molecule has 2 heterocycles. The Bertz CT molecular complexity index is 1170. The Morgan fingerprint density at radius 3 is 1.83 bits per heavy atom. The second-order valence-electron chi connectivity index (χ2n) is 8.93. The lowest BCUT2D eigenvalue weighted by atomic mass is 9.78. The van der Waals surface area contributed by atoms with Crippen LogP contribution < -0.4 is 5.46 Å². The predicted octanol–water partition coefficient (Wildman–Crippen LogP) is 6.53. The van der Waals surface area contributed by atoms with Gasteiger partial charge in [0, 0.05) is 15.6 Å². The maximum atomic E-state index is 6.17. The molecule has 1 aliphatic heterocycles. The van der Waals surface area contributed by atoms with Gasteiger partial charge >= 0.3 is 7.12 Å². The fourth-order valence-corrected chi connectivity index (χ4v) is 4.83. The second kappa shape index (κ2) is 7.09. The minimum absolute atomic E-state index is 0.321. The zero-order valence-corrected chi connectivity index (χ0v) is 18.6. The molecule has 1 saturated heterocycles. The molecular formula is C26H25BO2S. The van der Waals surface area contributed by atoms with Crippen LogP contribution in [0.25, 0.3) is 32.3 Å². The van der Waals surface area contributed by atoms with E-state index in [2.05, 4.69) is 106 Å². The van der Waals surface area contributed by atoms with Crippen LogP contribution in [0.3, 0.4) is 0 Å². The Morgan fingerprint density at radius 2 is 1.20 bits per heavy atom. The van der Waals surface area contributed by atoms with Crippen LogP contribution in [0.1, 0.15) is 27.7 Å². The van der Waals surface area contributed by atoms with Crippen LogP contribution in [0.5, 0.6) is 0 Å². The van der Waals surface area contributed by atoms with E-state index in [1.165, 1.54) is 32.3 Å². The molecule has 0 atom stereocenters. The number of benzene rings is 3. The molecule has 1 fully saturated rings. The summed E-state index contributed by atoms with van der Waals surface area (Å²) in [6, 6.07) is 25.9. The molecule has 0 unspecified atom stereocenters. The highest BCUT2D eigenvalue weighted by molar-refractivity contribution is 7.17. The monoisotopic (exact) mass is 412 g/mol. The first-order chi connectivity index (χ1) is 14.3. The summed E-state index contributed by atoms with van der Waals surface area (Å²) in [4.78, 5) is 0. The Balaban J connectivity index is 1.38. The lowest BCUT2D eigenvalue weighted by Gasteiger charge is -2.32. The lowest BCUT2D eigenvalue weighted by Crippen LogP contribution is -2.41. The minimum atomic E-state index is -0.321. The first-order valence-electron chi connectivity index (χ1n) is 10.4. The fourth-order valence-electron chi connectivity index (χ4n) is 3.86. The van der Waals surface area contributed by atoms with Crippen molar-refractivity contribution in [1.29, 1.82) is 0 Å². The molecule has 4 heteroatoms. The van der Waals surface area contributed by atoms with Gasteiger partial charge in [-0.2, -0.15) is 0 Å². The highest BCUT2D eigenvalue weighted by atomic mass is 32.1. The average molecular weight is 412 g/mol. The number of thiophene rings is 1. The summed E-state index contributed by atoms with van der Waals surface area (Å²) in [7, 11) is -0.321. The molecule has 0 aliphatic carbocycles. The van der Waals surface area contributed by atoms with Crippen LogP contribution in [-0.4, -0.2) is 18.3 Å². The maximum absolute atomic E-state index is 6.17. The molecule has 150 valence electrons. The summed E-state index contributed by atoms with van der Waals surface area (Å²) in [5.74, 6) is 0. The third kappa shape index (κ3) is 3.29. The van der Waals surface area contributed by atoms with Gasteiger partial charge in [-0.25, -0.2) is 0 Å². The fraction of sp³-hybridized carbons (Fsp3) is 0.231. The molecule has 0 radical (unpaired) electrons. The van der Waals surface area contributed by atoms with Crippen molar-refractivity contribution in [2.75, 3.05) is 0 Å². The molecule has 30 heavy (non-hydrogen) atoms. The summed E-state index contributed by atoms with van der Waals surface area (Å²) >= 11 is 1.80. The zero-order chi connectivity index (χ0) is 20.9. The van der Waals surface area contributed by atoms with Crippen LogP contribution in [0.2, 0.25) is 0 Å². The molecule has 0 spiro atoms. The molecule has 0 saturated carbocycles. The van der Waals surface area contributed by atoms with Crippen molar-refractivity contribution in [3.8, 4) is 22.3 Å². The lowest BCUT2D eigenvalue weighted by molar-refractivity contribution is 0.00578. The average Bonchev–Trinajstić information content (AvgIpc) is 3.26. The summed E-state index contributed by atoms with van der Waals surface area (Å²) in [6.45, 7) is 8.33. The van der Waals surface area contributed by atoms with Crippen LogP contribution in [-0.2, 0) is 9.31 Å². The minimum Gasteiger partial charge on any atom is -0.399 e. The van der Waals surface area contributed by atoms with Gasteiger partial charge in [0.05, 0.1) is 11.2 Å². The van der Waals surface area contributed by atoms with E-state index in [1.54, 1.807) is 11.3 Å². The van der Waals surface area contributed by atoms with E-state index in [1.807, 2.05) is 0 Å². The quantitative estimate of drug-likeness (QED) is 0.356. The van der Waals surface area contributed by atoms with Gasteiger partial charge in [-0.05, 0) is 61.3 Å². The van der Waals surface area contributed by atoms with Crippen LogP contribution in [0, 0.1) is 0 Å². The van der Waals surface area contributed by atoms with Crippen LogP contribution >= 0.6 is 11.3 Å². The smallest absolute Gasteiger partial charge is 0.399 e. The van der Waals surface area contributed by atoms with E-state index < -0.39 is 0 Å². The summed E-state index contributed by atoms with van der Waals surface area (Å²) < 4.78 is 13.7. The van der Waals surface area contributed by atoms with Crippen molar-refractivity contribution in [2.45, 2.75) is 38.9 Å². The molecule has 2 nitrogen and oxygen atoms in total. The molecule has 0 bridgehead atoms. The van der Waals surface area contributed by atoms with E-state index in [4.69, 9.17) is 9.31 Å². The van der Waals surface area contributed by atoms with Crippen molar-refractivity contribution in [2.24, 2.45) is 0 Å². The van der Waals surface area contributed by atoms with E-state index in [0.29, 0.717) is 0 Å². The van der Waals surface area contributed by atoms with Crippen LogP contribution in [0.4, 0.5) is 0 Å². The van der Waals surface area contributed by atoms with Crippen molar-refractivity contribution in [3.05, 3.63) is 78.2 Å². The van der Waals surface area contributed by atoms with Gasteiger partial charge in [0.25, 0.3) is 0 Å². The van der Waals surface area contributed by atoms with E-state index in [0.717, 1.165) is 5.46 Å². The van der Waals surface area contributed by atoms with Gasteiger partial charge in [0.15, 0.2) is 0 Å². The van der Waals surface area contributed by atoms with Crippen molar-refractivity contribution < 1.29 is 9.31 Å². The number of hydrogen-bond donors (Lipinski definition) is 0. The largest absolute Gasteiger partial charge is 0.494 e. The highest BCUT2D eigenvalue weighted by Crippen LogP contribution is 2.37. The molecule has 4 aromatic rings. The molecular weight excluding hydrogens is 387 g/mol. The van der Waals surface area contributed by atoms with Gasteiger partial charge in [-0.1, -0.05) is 66.7 Å². The molecule has 3 aromatic carbocycles. The number of fused-ring (bicyclic) bond motifs is 1. The first-order valence-corrected chi connectivity index (χ1v) is 11.2. The maximum Gasteiger partial charge on any atom is 0.494 e. The predicted molar refractivity (Wildman–Crippen MR) is 128 cm³/mol. The third-order valence-corrected chi connectivity index (χ3v) is 7.41. The van der Waals surface area contributed by atoms with E-state index >= 15 is 0 Å². The van der Waals surface area contributed by atoms with Crippen molar-refractivity contribution in [3.63, 3.8) is 0 Å². The van der Waals surface area contributed by atoms with E-state index in [-0.39, 0.29) is 18.3 Å². The Kier molecular flexibility index (Phi) is 4.62. The standard InChI is InChI=1S/C26H25BO2S/c1-25(2)26(3,4)29-27(28-25)21-15-13-19(14-16-21)18-9-11-20(12-10-18)23-17-30-24-8-6-5-7-22(23)24/h5-17H,1-4H3. The first kappa shape index (κ1) is 19.6. The molecule has 1 aromatic heterocycles. The third-order valence-electron chi connectivity index (χ3n) is 6.45. The van der Waals surface area contributed by atoms with E-state index in [9.17, 15) is 0 Å². The van der Waals surface area contributed by atoms with Crippen molar-refractivity contribution in [1.82, 2.24) is 0 Å². The molecule has 1 aliphatic rings. The second-order valence-corrected chi connectivity index (χ2v) is 9.84. The molecule has 5 rings (SSSR count). The summed E-state index contributed by atoms with van der Waals surface area (Å²) in [5.41, 5.74) is 5.37. The van der Waals surface area contributed by atoms with Gasteiger partial charge in [-0.3, -0.25) is 0 Å². The Morgan fingerprint density at radius 1 is 0.667 bits per heavy atom. The van der Waals surface area contributed by atoms with Gasteiger partial charge < -0.3 is 9.31 Å².